The van der Waals surface area contributed by atoms with Gasteiger partial charge in [0.05, 0.1) is 16.7 Å². The minimum Gasteiger partial charge on any atom is -0.292 e. The number of hydrogen-bond donors (Lipinski definition) is 0. The van der Waals surface area contributed by atoms with Gasteiger partial charge in [-0.05, 0) is 23.8 Å². The molecule has 0 saturated heterocycles. The van der Waals surface area contributed by atoms with Crippen molar-refractivity contribution < 1.29 is 0 Å². The largest absolute Gasteiger partial charge is 0.292 e. The second-order valence-corrected chi connectivity index (χ2v) is 7.83. The van der Waals surface area contributed by atoms with Crippen LogP contribution in [0.1, 0.15) is 25.0 Å². The number of benzene rings is 3. The molecule has 6 rings (SSSR count). The summed E-state index contributed by atoms with van der Waals surface area (Å²) in [6.07, 6.45) is 2.20. The van der Waals surface area contributed by atoms with Gasteiger partial charge in [0.15, 0.2) is 5.82 Å². The average molecular weight is 349 g/mol. The summed E-state index contributed by atoms with van der Waals surface area (Å²) >= 11 is 0. The van der Waals surface area contributed by atoms with Gasteiger partial charge in [-0.25, -0.2) is 4.68 Å². The van der Waals surface area contributed by atoms with Crippen molar-refractivity contribution in [3.05, 3.63) is 90.1 Å². The second-order valence-electron chi connectivity index (χ2n) is 7.83. The van der Waals surface area contributed by atoms with E-state index >= 15 is 0 Å². The maximum atomic E-state index is 5.04. The lowest BCUT2D eigenvalue weighted by Gasteiger charge is -2.31. The molecule has 3 nitrogen and oxygen atoms in total. The third-order valence-electron chi connectivity index (χ3n) is 5.97. The number of aromatic nitrogens is 3. The van der Waals surface area contributed by atoms with Crippen LogP contribution in [0.5, 0.6) is 0 Å². The van der Waals surface area contributed by atoms with Crippen LogP contribution in [0.2, 0.25) is 0 Å². The molecule has 0 aliphatic carbocycles. The Morgan fingerprint density at radius 2 is 1.48 bits per heavy atom. The van der Waals surface area contributed by atoms with Crippen molar-refractivity contribution in [2.24, 2.45) is 0 Å². The Kier molecular flexibility index (Phi) is 2.68. The Bertz CT molecular complexity index is 1340. The van der Waals surface area contributed by atoms with Gasteiger partial charge >= 0.3 is 0 Å². The van der Waals surface area contributed by atoms with Gasteiger partial charge in [-0.3, -0.25) is 4.57 Å². The van der Waals surface area contributed by atoms with Crippen LogP contribution >= 0.6 is 0 Å². The molecule has 1 aliphatic rings. The van der Waals surface area contributed by atoms with Crippen LogP contribution in [0.15, 0.2) is 79.0 Å². The number of para-hydroxylation sites is 3. The zero-order valence-corrected chi connectivity index (χ0v) is 15.3. The van der Waals surface area contributed by atoms with Crippen molar-refractivity contribution in [1.29, 1.82) is 0 Å². The number of nitrogens with zero attached hydrogens (tertiary/aromatic N) is 3. The Morgan fingerprint density at radius 1 is 0.741 bits per heavy atom. The minimum absolute atomic E-state index is 0.105. The fraction of sp³-hybridized carbons (Fsp3) is 0.125. The lowest BCUT2D eigenvalue weighted by atomic mass is 9.76. The summed E-state index contributed by atoms with van der Waals surface area (Å²) in [4.78, 5) is 0. The van der Waals surface area contributed by atoms with Crippen LogP contribution in [0.25, 0.3) is 33.3 Å². The van der Waals surface area contributed by atoms with Crippen LogP contribution in [-0.4, -0.2) is 14.3 Å². The zero-order chi connectivity index (χ0) is 18.2. The van der Waals surface area contributed by atoms with Gasteiger partial charge in [0.25, 0.3) is 0 Å². The summed E-state index contributed by atoms with van der Waals surface area (Å²) in [6.45, 7) is 4.61. The van der Waals surface area contributed by atoms with Gasteiger partial charge < -0.3 is 0 Å². The molecular formula is C24H19N3. The molecule has 3 heterocycles. The Balaban J connectivity index is 1.79. The van der Waals surface area contributed by atoms with E-state index in [1.165, 1.54) is 32.9 Å². The van der Waals surface area contributed by atoms with E-state index in [4.69, 9.17) is 5.10 Å². The van der Waals surface area contributed by atoms with Gasteiger partial charge in [-0.1, -0.05) is 68.4 Å². The summed E-state index contributed by atoms with van der Waals surface area (Å²) in [5.74, 6) is 1.04. The summed E-state index contributed by atoms with van der Waals surface area (Å²) in [6, 6.07) is 25.7. The molecule has 2 aromatic heterocycles. The van der Waals surface area contributed by atoms with Crippen molar-refractivity contribution in [1.82, 2.24) is 14.3 Å². The van der Waals surface area contributed by atoms with E-state index in [-0.39, 0.29) is 5.41 Å². The van der Waals surface area contributed by atoms with Crippen LogP contribution in [0, 0.1) is 0 Å². The van der Waals surface area contributed by atoms with Gasteiger partial charge in [-0.2, -0.15) is 0 Å². The summed E-state index contributed by atoms with van der Waals surface area (Å²) in [5, 5.41) is 7.63. The molecule has 0 atom stereocenters. The molecule has 0 bridgehead atoms. The van der Waals surface area contributed by atoms with E-state index in [1.54, 1.807) is 0 Å². The lowest BCUT2D eigenvalue weighted by Crippen LogP contribution is -2.25. The van der Waals surface area contributed by atoms with Crippen molar-refractivity contribution in [2.75, 3.05) is 0 Å². The predicted molar refractivity (Wildman–Crippen MR) is 110 cm³/mol. The fourth-order valence-electron chi connectivity index (χ4n) is 4.57. The first-order valence-electron chi connectivity index (χ1n) is 9.35. The minimum atomic E-state index is -0.105. The van der Waals surface area contributed by atoms with Gasteiger partial charge in [-0.15, -0.1) is 5.10 Å². The average Bonchev–Trinajstić information content (AvgIpc) is 3.28. The highest BCUT2D eigenvalue weighted by Crippen LogP contribution is 2.46. The highest BCUT2D eigenvalue weighted by atomic mass is 15.3. The first kappa shape index (κ1) is 14.8. The smallest absolute Gasteiger partial charge is 0.164 e. The fourth-order valence-corrected chi connectivity index (χ4v) is 4.57. The Morgan fingerprint density at radius 3 is 2.33 bits per heavy atom. The number of fused-ring (bicyclic) bond motifs is 5. The molecular weight excluding hydrogens is 330 g/mol. The maximum absolute atomic E-state index is 5.04. The monoisotopic (exact) mass is 349 g/mol. The third-order valence-corrected chi connectivity index (χ3v) is 5.97. The van der Waals surface area contributed by atoms with Crippen LogP contribution in [-0.2, 0) is 5.41 Å². The van der Waals surface area contributed by atoms with Crippen molar-refractivity contribution >= 4 is 21.8 Å². The first-order valence-corrected chi connectivity index (χ1v) is 9.35. The first-order chi connectivity index (χ1) is 13.2. The van der Waals surface area contributed by atoms with Crippen molar-refractivity contribution in [3.63, 3.8) is 0 Å². The number of rotatable bonds is 1. The van der Waals surface area contributed by atoms with Crippen molar-refractivity contribution in [3.8, 4) is 11.5 Å². The Hall–Kier alpha value is -3.33. The molecule has 0 N–H and O–H groups in total. The van der Waals surface area contributed by atoms with E-state index in [2.05, 4.69) is 91.3 Å². The Labute approximate surface area is 157 Å². The highest BCUT2D eigenvalue weighted by Gasteiger charge is 2.37. The van der Waals surface area contributed by atoms with Gasteiger partial charge in [0.2, 0.25) is 0 Å². The number of hydrogen-bond acceptors (Lipinski definition) is 1. The molecule has 3 heteroatoms. The van der Waals surface area contributed by atoms with E-state index in [1.807, 2.05) is 10.7 Å². The second kappa shape index (κ2) is 4.89. The molecule has 5 aromatic rings. The summed E-state index contributed by atoms with van der Waals surface area (Å²) in [5.41, 5.74) is 6.10. The highest BCUT2D eigenvalue weighted by molar-refractivity contribution is 6.11. The van der Waals surface area contributed by atoms with Gasteiger partial charge in [0.1, 0.15) is 0 Å². The molecule has 0 radical (unpaired) electrons. The topological polar surface area (TPSA) is 22.8 Å². The molecule has 1 aliphatic heterocycles. The SMILES string of the molecule is CC1(C)c2cn(-c3ccccc3)nc2-n2c3ccccc3c3cccc1c32. The van der Waals surface area contributed by atoms with Crippen LogP contribution in [0.4, 0.5) is 0 Å². The van der Waals surface area contributed by atoms with E-state index in [0.717, 1.165) is 11.5 Å². The molecule has 0 amide bonds. The van der Waals surface area contributed by atoms with Crippen LogP contribution < -0.4 is 0 Å². The van der Waals surface area contributed by atoms with E-state index < -0.39 is 0 Å². The molecule has 0 saturated carbocycles. The quantitative estimate of drug-likeness (QED) is 0.386. The zero-order valence-electron chi connectivity index (χ0n) is 15.3. The normalized spacial score (nSPS) is 14.6. The van der Waals surface area contributed by atoms with E-state index in [9.17, 15) is 0 Å². The standard InChI is InChI=1S/C24H19N3/c1-24(2)19-13-8-12-18-17-11-6-7-14-21(17)27(22(18)19)23-20(24)15-26(25-23)16-9-4-3-5-10-16/h3-15H,1-2H3. The molecule has 130 valence electrons. The molecule has 0 unspecified atom stereocenters. The molecule has 3 aromatic carbocycles. The predicted octanol–water partition coefficient (Wildman–Crippen LogP) is 5.61. The molecule has 0 fully saturated rings. The van der Waals surface area contributed by atoms with E-state index in [0.29, 0.717) is 0 Å². The maximum Gasteiger partial charge on any atom is 0.164 e. The third kappa shape index (κ3) is 1.78. The molecule has 27 heavy (non-hydrogen) atoms. The van der Waals surface area contributed by atoms with Crippen LogP contribution in [0.3, 0.4) is 0 Å². The lowest BCUT2D eigenvalue weighted by molar-refractivity contribution is 0.630. The summed E-state index contributed by atoms with van der Waals surface area (Å²) < 4.78 is 4.36. The molecule has 0 spiro atoms. The summed E-state index contributed by atoms with van der Waals surface area (Å²) in [7, 11) is 0. The van der Waals surface area contributed by atoms with Crippen molar-refractivity contribution in [2.45, 2.75) is 19.3 Å². The van der Waals surface area contributed by atoms with Gasteiger partial charge in [0, 0.05) is 27.9 Å².